The Hall–Kier alpha value is -1.97. The molecule has 1 saturated carbocycles. The van der Waals surface area contributed by atoms with Gasteiger partial charge in [0.1, 0.15) is 0 Å². The number of benzene rings is 1. The number of carboxylic acid groups (broad SMARTS) is 1. The molecule has 138 valence electrons. The summed E-state index contributed by atoms with van der Waals surface area (Å²) in [4.78, 5) is 23.5. The highest BCUT2D eigenvalue weighted by atomic mass is 32.2. The van der Waals surface area contributed by atoms with Gasteiger partial charge in [0.2, 0.25) is 10.0 Å². The maximum Gasteiger partial charge on any atom is 0.308 e. The number of aliphatic carboxylic acids is 1. The molecule has 0 unspecified atom stereocenters. The van der Waals surface area contributed by atoms with E-state index in [0.717, 1.165) is 6.42 Å². The van der Waals surface area contributed by atoms with E-state index < -0.39 is 33.9 Å². The molecule has 1 aromatic carbocycles. The zero-order valence-corrected chi connectivity index (χ0v) is 14.7. The van der Waals surface area contributed by atoms with Crippen molar-refractivity contribution in [3.05, 3.63) is 29.8 Å². The number of carbonyl (C=O) groups is 2. The second-order valence-corrected chi connectivity index (χ2v) is 7.64. The van der Waals surface area contributed by atoms with Crippen LogP contribution in [-0.2, 0) is 19.6 Å². The van der Waals surface area contributed by atoms with E-state index in [1.165, 1.54) is 31.4 Å². The third-order valence-corrected chi connectivity index (χ3v) is 5.61. The highest BCUT2D eigenvalue weighted by Gasteiger charge is 2.34. The Morgan fingerprint density at radius 3 is 2.76 bits per heavy atom. The molecule has 25 heavy (non-hydrogen) atoms. The fourth-order valence-corrected chi connectivity index (χ4v) is 3.90. The number of sulfonamides is 1. The average molecular weight is 370 g/mol. The summed E-state index contributed by atoms with van der Waals surface area (Å²) < 4.78 is 31.6. The van der Waals surface area contributed by atoms with E-state index in [1.54, 1.807) is 0 Å². The number of hydrogen-bond acceptors (Lipinski definition) is 5. The smallest absolute Gasteiger partial charge is 0.308 e. The van der Waals surface area contributed by atoms with E-state index in [0.29, 0.717) is 12.8 Å². The fourth-order valence-electron chi connectivity index (χ4n) is 2.85. The van der Waals surface area contributed by atoms with Crippen LogP contribution in [0.25, 0.3) is 0 Å². The van der Waals surface area contributed by atoms with Crippen molar-refractivity contribution < 1.29 is 27.9 Å². The quantitative estimate of drug-likeness (QED) is 0.576. The molecule has 1 aliphatic rings. The zero-order valence-electron chi connectivity index (χ0n) is 13.9. The van der Waals surface area contributed by atoms with Gasteiger partial charge in [0, 0.05) is 25.3 Å². The van der Waals surface area contributed by atoms with E-state index in [-0.39, 0.29) is 23.6 Å². The summed E-state index contributed by atoms with van der Waals surface area (Å²) in [5.74, 6) is -2.01. The van der Waals surface area contributed by atoms with Crippen molar-refractivity contribution in [3.63, 3.8) is 0 Å². The summed E-state index contributed by atoms with van der Waals surface area (Å²) in [5.41, 5.74) is 0.172. The minimum absolute atomic E-state index is 0.0301. The Bertz CT molecular complexity index is 734. The predicted molar refractivity (Wildman–Crippen MR) is 89.7 cm³/mol. The zero-order chi connectivity index (χ0) is 18.4. The third kappa shape index (κ3) is 5.00. The molecule has 0 bridgehead atoms. The highest BCUT2D eigenvalue weighted by Crippen LogP contribution is 2.26. The standard InChI is InChI=1S/C16H22N2O6S/c1-24-9-8-17-25(22,23)12-5-2-4-11(10-12)15(19)18-14-7-3-6-13(14)16(20)21/h2,4-5,10,13-14,17H,3,6-9H2,1H3,(H,18,19)(H,20,21)/t13-,14+/m0/s1. The molecule has 2 atom stereocenters. The normalized spacial score (nSPS) is 20.4. The number of ether oxygens (including phenoxy) is 1. The summed E-state index contributed by atoms with van der Waals surface area (Å²) in [6, 6.07) is 5.19. The summed E-state index contributed by atoms with van der Waals surface area (Å²) in [5, 5.41) is 11.9. The summed E-state index contributed by atoms with van der Waals surface area (Å²) in [6.45, 7) is 0.356. The summed E-state index contributed by atoms with van der Waals surface area (Å²) >= 11 is 0. The van der Waals surface area contributed by atoms with Crippen LogP contribution in [0, 0.1) is 5.92 Å². The van der Waals surface area contributed by atoms with Gasteiger partial charge in [-0.2, -0.15) is 0 Å². The van der Waals surface area contributed by atoms with E-state index >= 15 is 0 Å². The number of amides is 1. The highest BCUT2D eigenvalue weighted by molar-refractivity contribution is 7.89. The fraction of sp³-hybridized carbons (Fsp3) is 0.500. The van der Waals surface area contributed by atoms with Crippen LogP contribution in [0.15, 0.2) is 29.2 Å². The molecule has 0 saturated heterocycles. The summed E-state index contributed by atoms with van der Waals surface area (Å²) in [6.07, 6.45) is 1.86. The molecular formula is C16H22N2O6S. The van der Waals surface area contributed by atoms with Crippen LogP contribution >= 0.6 is 0 Å². The lowest BCUT2D eigenvalue weighted by atomic mass is 10.0. The van der Waals surface area contributed by atoms with Gasteiger partial charge >= 0.3 is 5.97 Å². The van der Waals surface area contributed by atoms with Crippen molar-refractivity contribution in [2.45, 2.75) is 30.2 Å². The number of carbonyl (C=O) groups excluding carboxylic acids is 1. The Kier molecular flexibility index (Phi) is 6.51. The van der Waals surface area contributed by atoms with E-state index in [2.05, 4.69) is 10.0 Å². The van der Waals surface area contributed by atoms with Crippen LogP contribution < -0.4 is 10.0 Å². The van der Waals surface area contributed by atoms with Gasteiger partial charge in [-0.05, 0) is 31.0 Å². The van der Waals surface area contributed by atoms with Crippen molar-refractivity contribution in [1.82, 2.24) is 10.0 Å². The molecule has 0 spiro atoms. The molecule has 0 heterocycles. The number of nitrogens with one attached hydrogen (secondary N) is 2. The second kappa shape index (κ2) is 8.41. The first-order chi connectivity index (χ1) is 11.8. The van der Waals surface area contributed by atoms with E-state index in [1.807, 2.05) is 0 Å². The maximum absolute atomic E-state index is 12.4. The van der Waals surface area contributed by atoms with Crippen LogP contribution in [0.1, 0.15) is 29.6 Å². The third-order valence-electron chi connectivity index (χ3n) is 4.15. The van der Waals surface area contributed by atoms with Gasteiger partial charge in [-0.1, -0.05) is 12.5 Å². The Morgan fingerprint density at radius 1 is 1.32 bits per heavy atom. The lowest BCUT2D eigenvalue weighted by Crippen LogP contribution is -2.40. The first kappa shape index (κ1) is 19.4. The molecule has 1 amide bonds. The van der Waals surface area contributed by atoms with Crippen molar-refractivity contribution in [1.29, 1.82) is 0 Å². The van der Waals surface area contributed by atoms with Gasteiger partial charge in [0.05, 0.1) is 17.4 Å². The van der Waals surface area contributed by atoms with Gasteiger partial charge < -0.3 is 15.2 Å². The van der Waals surface area contributed by atoms with Gasteiger partial charge in [-0.15, -0.1) is 0 Å². The van der Waals surface area contributed by atoms with Gasteiger partial charge in [-0.3, -0.25) is 9.59 Å². The van der Waals surface area contributed by atoms with Crippen LogP contribution in [0.5, 0.6) is 0 Å². The van der Waals surface area contributed by atoms with Crippen molar-refractivity contribution >= 4 is 21.9 Å². The van der Waals surface area contributed by atoms with Gasteiger partial charge in [0.25, 0.3) is 5.91 Å². The SMILES string of the molecule is COCCNS(=O)(=O)c1cccc(C(=O)N[C@@H]2CCC[C@@H]2C(=O)O)c1. The number of rotatable bonds is 8. The first-order valence-corrected chi connectivity index (χ1v) is 9.46. The molecule has 2 rings (SSSR count). The molecule has 1 aliphatic carbocycles. The van der Waals surface area contributed by atoms with E-state index in [4.69, 9.17) is 4.74 Å². The first-order valence-electron chi connectivity index (χ1n) is 7.97. The van der Waals surface area contributed by atoms with Gasteiger partial charge in [-0.25, -0.2) is 13.1 Å². The van der Waals surface area contributed by atoms with Crippen LogP contribution in [0.2, 0.25) is 0 Å². The largest absolute Gasteiger partial charge is 0.481 e. The van der Waals surface area contributed by atoms with E-state index in [9.17, 15) is 23.1 Å². The Balaban J connectivity index is 2.10. The molecule has 8 nitrogen and oxygen atoms in total. The molecule has 3 N–H and O–H groups in total. The second-order valence-electron chi connectivity index (χ2n) is 5.87. The number of carboxylic acids is 1. The Morgan fingerprint density at radius 2 is 2.08 bits per heavy atom. The van der Waals surface area contributed by atoms with Crippen LogP contribution in [0.4, 0.5) is 0 Å². The summed E-state index contributed by atoms with van der Waals surface area (Å²) in [7, 11) is -2.28. The predicted octanol–water partition coefficient (Wildman–Crippen LogP) is 0.594. The molecule has 9 heteroatoms. The topological polar surface area (TPSA) is 122 Å². The Labute approximate surface area is 146 Å². The monoisotopic (exact) mass is 370 g/mol. The minimum atomic E-state index is -3.74. The lowest BCUT2D eigenvalue weighted by molar-refractivity contribution is -0.142. The lowest BCUT2D eigenvalue weighted by Gasteiger charge is -2.17. The van der Waals surface area contributed by atoms with Crippen molar-refractivity contribution in [2.75, 3.05) is 20.3 Å². The molecule has 0 aromatic heterocycles. The molecule has 1 fully saturated rings. The van der Waals surface area contributed by atoms with Crippen LogP contribution in [0.3, 0.4) is 0 Å². The minimum Gasteiger partial charge on any atom is -0.481 e. The molecule has 0 radical (unpaired) electrons. The maximum atomic E-state index is 12.4. The average Bonchev–Trinajstić information content (AvgIpc) is 3.03. The van der Waals surface area contributed by atoms with Gasteiger partial charge in [0.15, 0.2) is 0 Å². The van der Waals surface area contributed by atoms with Crippen molar-refractivity contribution in [2.24, 2.45) is 5.92 Å². The number of hydrogen-bond donors (Lipinski definition) is 3. The van der Waals surface area contributed by atoms with Crippen LogP contribution in [-0.4, -0.2) is 51.7 Å². The number of methoxy groups -OCH3 is 1. The van der Waals surface area contributed by atoms with Crippen molar-refractivity contribution in [3.8, 4) is 0 Å². The molecule has 1 aromatic rings. The molecular weight excluding hydrogens is 348 g/mol. The molecule has 0 aliphatic heterocycles.